The van der Waals surface area contributed by atoms with Crippen LogP contribution in [0.15, 0.2) is 48.7 Å². The van der Waals surface area contributed by atoms with Gasteiger partial charge in [0.2, 0.25) is 0 Å². The lowest BCUT2D eigenvalue weighted by Gasteiger charge is -2.20. The molecule has 0 saturated carbocycles. The van der Waals surface area contributed by atoms with Gasteiger partial charge in [-0.1, -0.05) is 30.3 Å². The Morgan fingerprint density at radius 3 is 2.74 bits per heavy atom. The summed E-state index contributed by atoms with van der Waals surface area (Å²) in [4.78, 5) is 4.03. The van der Waals surface area contributed by atoms with Crippen LogP contribution in [0.5, 0.6) is 0 Å². The predicted octanol–water partition coefficient (Wildman–Crippen LogP) is 3.16. The van der Waals surface area contributed by atoms with Crippen molar-refractivity contribution in [3.05, 3.63) is 60.0 Å². The van der Waals surface area contributed by atoms with Crippen LogP contribution in [0.1, 0.15) is 18.1 Å². The van der Waals surface area contributed by atoms with Crippen LogP contribution < -0.4 is 5.32 Å². The summed E-state index contributed by atoms with van der Waals surface area (Å²) in [6.07, 6.45) is 2.15. The van der Waals surface area contributed by atoms with E-state index < -0.39 is 0 Å². The summed E-state index contributed by atoms with van der Waals surface area (Å²) >= 11 is 0. The molecule has 0 aliphatic carbocycles. The van der Waals surface area contributed by atoms with Gasteiger partial charge < -0.3 is 10.1 Å². The fraction of sp³-hybridized carbons (Fsp3) is 0.267. The van der Waals surface area contributed by atoms with Gasteiger partial charge in [0.15, 0.2) is 0 Å². The quantitative estimate of drug-likeness (QED) is 0.918. The van der Waals surface area contributed by atoms with Crippen LogP contribution in [-0.2, 0) is 4.74 Å². The first-order valence-electron chi connectivity index (χ1n) is 6.37. The van der Waals surface area contributed by atoms with Crippen molar-refractivity contribution < 1.29 is 9.13 Å². The maximum Gasteiger partial charge on any atom is 0.141 e. The molecule has 1 aliphatic rings. The van der Waals surface area contributed by atoms with E-state index in [9.17, 15) is 4.39 Å². The van der Waals surface area contributed by atoms with E-state index in [1.165, 1.54) is 12.3 Å². The number of halogens is 1. The zero-order valence-electron chi connectivity index (χ0n) is 10.4. The normalized spacial score (nSPS) is 22.4. The summed E-state index contributed by atoms with van der Waals surface area (Å²) in [6, 6.07) is 13.3. The van der Waals surface area contributed by atoms with E-state index in [1.54, 1.807) is 6.07 Å². The summed E-state index contributed by atoms with van der Waals surface area (Å²) in [7, 11) is 0. The van der Waals surface area contributed by atoms with Crippen LogP contribution >= 0.6 is 0 Å². The first-order chi connectivity index (χ1) is 9.33. The average molecular weight is 258 g/mol. The molecule has 1 aromatic heterocycles. The summed E-state index contributed by atoms with van der Waals surface area (Å²) in [5, 5.41) is 3.31. The topological polar surface area (TPSA) is 34.1 Å². The number of anilines is 1. The SMILES string of the molecule is Fc1ccc(N[C@H]2CCO[C@@H]2c2ccccc2)nc1. The van der Waals surface area contributed by atoms with Gasteiger partial charge in [-0.05, 0) is 24.1 Å². The Hall–Kier alpha value is -1.94. The summed E-state index contributed by atoms with van der Waals surface area (Å²) in [6.45, 7) is 0.721. The largest absolute Gasteiger partial charge is 0.371 e. The summed E-state index contributed by atoms with van der Waals surface area (Å²) in [5.74, 6) is 0.352. The van der Waals surface area contributed by atoms with E-state index >= 15 is 0 Å². The molecule has 1 saturated heterocycles. The van der Waals surface area contributed by atoms with E-state index in [0.717, 1.165) is 18.6 Å². The number of hydrogen-bond acceptors (Lipinski definition) is 3. The van der Waals surface area contributed by atoms with Gasteiger partial charge in [0.1, 0.15) is 17.7 Å². The molecule has 0 bridgehead atoms. The second kappa shape index (κ2) is 5.36. The molecule has 4 heteroatoms. The van der Waals surface area contributed by atoms with Crippen LogP contribution in [0, 0.1) is 5.82 Å². The highest BCUT2D eigenvalue weighted by Crippen LogP contribution is 2.30. The molecule has 1 aliphatic heterocycles. The second-order valence-corrected chi connectivity index (χ2v) is 4.60. The Bertz CT molecular complexity index is 530. The molecule has 0 spiro atoms. The van der Waals surface area contributed by atoms with E-state index in [0.29, 0.717) is 5.82 Å². The van der Waals surface area contributed by atoms with Crippen LogP contribution in [0.25, 0.3) is 0 Å². The van der Waals surface area contributed by atoms with E-state index in [-0.39, 0.29) is 18.0 Å². The van der Waals surface area contributed by atoms with E-state index in [1.807, 2.05) is 18.2 Å². The monoisotopic (exact) mass is 258 g/mol. The fourth-order valence-corrected chi connectivity index (χ4v) is 2.36. The average Bonchev–Trinajstić information content (AvgIpc) is 2.90. The molecule has 98 valence electrons. The standard InChI is InChI=1S/C15H15FN2O/c16-12-6-7-14(17-10-12)18-13-8-9-19-15(13)11-4-2-1-3-5-11/h1-7,10,13,15H,8-9H2,(H,17,18)/t13-,15+/m0/s1. The fourth-order valence-electron chi connectivity index (χ4n) is 2.36. The molecule has 1 aromatic carbocycles. The minimum absolute atomic E-state index is 0.0213. The molecule has 19 heavy (non-hydrogen) atoms. The van der Waals surface area contributed by atoms with Gasteiger partial charge in [0.05, 0.1) is 12.2 Å². The van der Waals surface area contributed by atoms with Crippen LogP contribution in [0.3, 0.4) is 0 Å². The minimum atomic E-state index is -0.326. The number of aromatic nitrogens is 1. The highest BCUT2D eigenvalue weighted by Gasteiger charge is 2.29. The summed E-state index contributed by atoms with van der Waals surface area (Å²) in [5.41, 5.74) is 1.15. The second-order valence-electron chi connectivity index (χ2n) is 4.60. The van der Waals surface area contributed by atoms with E-state index in [2.05, 4.69) is 22.4 Å². The van der Waals surface area contributed by atoms with Crippen molar-refractivity contribution in [3.63, 3.8) is 0 Å². The van der Waals surface area contributed by atoms with Crippen molar-refractivity contribution in [1.29, 1.82) is 0 Å². The lowest BCUT2D eigenvalue weighted by Crippen LogP contribution is -2.23. The Morgan fingerprint density at radius 1 is 1.16 bits per heavy atom. The van der Waals surface area contributed by atoms with Crippen molar-refractivity contribution in [3.8, 4) is 0 Å². The summed E-state index contributed by atoms with van der Waals surface area (Å²) < 4.78 is 18.6. The molecule has 1 N–H and O–H groups in total. The third kappa shape index (κ3) is 2.74. The first-order valence-corrected chi connectivity index (χ1v) is 6.37. The molecule has 0 amide bonds. The van der Waals surface area contributed by atoms with Gasteiger partial charge in [-0.25, -0.2) is 9.37 Å². The van der Waals surface area contributed by atoms with Gasteiger partial charge in [-0.3, -0.25) is 0 Å². The molecular weight excluding hydrogens is 243 g/mol. The Balaban J connectivity index is 1.75. The van der Waals surface area contributed by atoms with Crippen molar-refractivity contribution >= 4 is 5.82 Å². The lowest BCUT2D eigenvalue weighted by atomic mass is 10.0. The molecule has 1 fully saturated rings. The maximum atomic E-state index is 12.8. The molecule has 0 unspecified atom stereocenters. The number of nitrogens with zero attached hydrogens (tertiary/aromatic N) is 1. The smallest absolute Gasteiger partial charge is 0.141 e. The maximum absolute atomic E-state index is 12.8. The Labute approximate surface area is 111 Å². The Morgan fingerprint density at radius 2 is 2.00 bits per heavy atom. The number of pyridine rings is 1. The first kappa shape index (κ1) is 12.1. The highest BCUT2D eigenvalue weighted by atomic mass is 19.1. The van der Waals surface area contributed by atoms with Crippen molar-refractivity contribution in [2.45, 2.75) is 18.6 Å². The van der Waals surface area contributed by atoms with Crippen molar-refractivity contribution in [2.24, 2.45) is 0 Å². The lowest BCUT2D eigenvalue weighted by molar-refractivity contribution is 0.107. The van der Waals surface area contributed by atoms with Crippen LogP contribution in [0.4, 0.5) is 10.2 Å². The minimum Gasteiger partial charge on any atom is -0.371 e. The van der Waals surface area contributed by atoms with Gasteiger partial charge in [-0.2, -0.15) is 0 Å². The molecule has 2 atom stereocenters. The van der Waals surface area contributed by atoms with Crippen molar-refractivity contribution in [2.75, 3.05) is 11.9 Å². The van der Waals surface area contributed by atoms with Gasteiger partial charge in [-0.15, -0.1) is 0 Å². The highest BCUT2D eigenvalue weighted by molar-refractivity contribution is 5.37. The number of ether oxygens (including phenoxy) is 1. The third-order valence-electron chi connectivity index (χ3n) is 3.28. The van der Waals surface area contributed by atoms with Crippen LogP contribution in [-0.4, -0.2) is 17.6 Å². The predicted molar refractivity (Wildman–Crippen MR) is 71.4 cm³/mol. The Kier molecular flexibility index (Phi) is 3.42. The zero-order valence-corrected chi connectivity index (χ0v) is 10.4. The number of nitrogens with one attached hydrogen (secondary N) is 1. The van der Waals surface area contributed by atoms with Gasteiger partial charge in [0, 0.05) is 6.61 Å². The number of hydrogen-bond donors (Lipinski definition) is 1. The number of rotatable bonds is 3. The third-order valence-corrected chi connectivity index (χ3v) is 3.28. The van der Waals surface area contributed by atoms with E-state index in [4.69, 9.17) is 4.74 Å². The molecular formula is C15H15FN2O. The van der Waals surface area contributed by atoms with Crippen LogP contribution in [0.2, 0.25) is 0 Å². The molecule has 3 rings (SSSR count). The molecule has 2 aromatic rings. The van der Waals surface area contributed by atoms with Crippen molar-refractivity contribution in [1.82, 2.24) is 4.98 Å². The number of benzene rings is 1. The zero-order chi connectivity index (χ0) is 13.1. The molecule has 0 radical (unpaired) electrons. The van der Waals surface area contributed by atoms with Gasteiger partial charge >= 0.3 is 0 Å². The molecule has 2 heterocycles. The van der Waals surface area contributed by atoms with Gasteiger partial charge in [0.25, 0.3) is 0 Å². The molecule has 3 nitrogen and oxygen atoms in total.